The minimum absolute atomic E-state index is 0.244. The molecule has 0 aliphatic carbocycles. The van der Waals surface area contributed by atoms with Gasteiger partial charge in [0.25, 0.3) is 5.91 Å². The van der Waals surface area contributed by atoms with Crippen molar-refractivity contribution in [3.8, 4) is 11.5 Å². The topological polar surface area (TPSA) is 138 Å². The summed E-state index contributed by atoms with van der Waals surface area (Å²) in [6, 6.07) is 12.9. The number of ether oxygens (including phenoxy) is 2. The first-order valence-electron chi connectivity index (χ1n) is 9.01. The van der Waals surface area contributed by atoms with Gasteiger partial charge in [0.1, 0.15) is 18.0 Å². The molecule has 11 heteroatoms. The summed E-state index contributed by atoms with van der Waals surface area (Å²) in [7, 11) is 2.84. The molecule has 0 aliphatic heterocycles. The van der Waals surface area contributed by atoms with Gasteiger partial charge in [0, 0.05) is 17.7 Å². The molecule has 3 aromatic rings. The first-order chi connectivity index (χ1) is 14.9. The van der Waals surface area contributed by atoms with Crippen LogP contribution in [0.15, 0.2) is 54.7 Å². The third kappa shape index (κ3) is 5.15. The van der Waals surface area contributed by atoms with Crippen molar-refractivity contribution >= 4 is 29.0 Å². The lowest BCUT2D eigenvalue weighted by Crippen LogP contribution is -2.20. The number of benzene rings is 2. The van der Waals surface area contributed by atoms with Crippen LogP contribution in [0.25, 0.3) is 0 Å². The second-order valence-corrected chi connectivity index (χ2v) is 6.25. The van der Waals surface area contributed by atoms with E-state index in [0.29, 0.717) is 22.7 Å². The molecular weight excluding hydrogens is 406 g/mol. The summed E-state index contributed by atoms with van der Waals surface area (Å²) in [5.74, 6) is -0.595. The maximum Gasteiger partial charge on any atom is 0.389 e. The maximum atomic E-state index is 12.5. The molecule has 11 nitrogen and oxygen atoms in total. The molecule has 1 heterocycles. The maximum absolute atomic E-state index is 12.5. The van der Waals surface area contributed by atoms with Crippen molar-refractivity contribution in [3.05, 3.63) is 70.4 Å². The van der Waals surface area contributed by atoms with E-state index in [1.165, 1.54) is 38.6 Å². The van der Waals surface area contributed by atoms with Crippen LogP contribution >= 0.6 is 0 Å². The van der Waals surface area contributed by atoms with E-state index in [9.17, 15) is 19.7 Å². The molecule has 2 N–H and O–H groups in total. The molecule has 1 aromatic heterocycles. The van der Waals surface area contributed by atoms with Crippen molar-refractivity contribution in [1.82, 2.24) is 9.78 Å². The lowest BCUT2D eigenvalue weighted by Gasteiger charge is -2.16. The molecule has 2 aromatic carbocycles. The molecule has 0 unspecified atom stereocenters. The fourth-order valence-corrected chi connectivity index (χ4v) is 2.75. The summed E-state index contributed by atoms with van der Waals surface area (Å²) in [6.45, 7) is -0.244. The zero-order valence-corrected chi connectivity index (χ0v) is 16.7. The molecule has 0 bridgehead atoms. The summed E-state index contributed by atoms with van der Waals surface area (Å²) in [5.41, 5.74) is 1.12. The van der Waals surface area contributed by atoms with Crippen LogP contribution in [0.1, 0.15) is 10.4 Å². The van der Waals surface area contributed by atoms with Gasteiger partial charge in [0.15, 0.2) is 0 Å². The van der Waals surface area contributed by atoms with E-state index in [0.717, 1.165) is 4.68 Å². The van der Waals surface area contributed by atoms with Crippen LogP contribution in [0.5, 0.6) is 11.5 Å². The Morgan fingerprint density at radius 2 is 1.65 bits per heavy atom. The van der Waals surface area contributed by atoms with Crippen molar-refractivity contribution in [2.45, 2.75) is 6.54 Å². The van der Waals surface area contributed by atoms with E-state index >= 15 is 0 Å². The first kappa shape index (κ1) is 21.3. The second-order valence-electron chi connectivity index (χ2n) is 6.25. The Kier molecular flexibility index (Phi) is 6.45. The quantitative estimate of drug-likeness (QED) is 0.418. The average Bonchev–Trinajstić information content (AvgIpc) is 3.23. The number of rotatable bonds is 8. The number of nitro groups is 1. The largest absolute Gasteiger partial charge is 0.494 e. The SMILES string of the molecule is COc1cc(NC(=O)c2ccccc2)c(OC)cc1NC(=O)Cn1ccc([N+](=O)[O-])n1. The Labute approximate surface area is 176 Å². The van der Waals surface area contributed by atoms with Gasteiger partial charge in [-0.25, -0.2) is 0 Å². The predicted octanol–water partition coefficient (Wildman–Crippen LogP) is 2.70. The van der Waals surface area contributed by atoms with E-state index in [1.807, 2.05) is 0 Å². The van der Waals surface area contributed by atoms with Crippen molar-refractivity contribution < 1.29 is 24.0 Å². The van der Waals surface area contributed by atoms with Gasteiger partial charge in [-0.3, -0.25) is 9.59 Å². The van der Waals surface area contributed by atoms with Crippen molar-refractivity contribution in [1.29, 1.82) is 0 Å². The van der Waals surface area contributed by atoms with Crippen LogP contribution in [0.2, 0.25) is 0 Å². The summed E-state index contributed by atoms with van der Waals surface area (Å²) in [6.07, 6.45) is 1.33. The fraction of sp³-hybridized carbons (Fsp3) is 0.150. The summed E-state index contributed by atoms with van der Waals surface area (Å²) >= 11 is 0. The number of amides is 2. The number of methoxy groups -OCH3 is 2. The van der Waals surface area contributed by atoms with Gasteiger partial charge in [-0.2, -0.15) is 4.68 Å². The van der Waals surface area contributed by atoms with E-state index in [2.05, 4.69) is 15.7 Å². The zero-order chi connectivity index (χ0) is 22.4. The van der Waals surface area contributed by atoms with Gasteiger partial charge in [0.2, 0.25) is 5.91 Å². The molecule has 31 heavy (non-hydrogen) atoms. The predicted molar refractivity (Wildman–Crippen MR) is 111 cm³/mol. The highest BCUT2D eigenvalue weighted by Crippen LogP contribution is 2.36. The molecule has 0 atom stereocenters. The molecule has 0 aliphatic rings. The molecule has 0 saturated heterocycles. The number of carbonyl (C=O) groups excluding carboxylic acids is 2. The molecule has 3 rings (SSSR count). The highest BCUT2D eigenvalue weighted by molar-refractivity contribution is 6.05. The highest BCUT2D eigenvalue weighted by atomic mass is 16.6. The number of carbonyl (C=O) groups is 2. The van der Waals surface area contributed by atoms with E-state index in [1.54, 1.807) is 30.3 Å². The number of aromatic nitrogens is 2. The van der Waals surface area contributed by atoms with Crippen LogP contribution in [0.4, 0.5) is 17.2 Å². The summed E-state index contributed by atoms with van der Waals surface area (Å²) < 4.78 is 11.8. The molecule has 0 spiro atoms. The third-order valence-corrected chi connectivity index (χ3v) is 4.20. The Balaban J connectivity index is 1.78. The van der Waals surface area contributed by atoms with Crippen LogP contribution in [-0.2, 0) is 11.3 Å². The number of hydrogen-bond donors (Lipinski definition) is 2. The Bertz CT molecular complexity index is 1110. The average molecular weight is 425 g/mol. The van der Waals surface area contributed by atoms with Crippen LogP contribution in [0, 0.1) is 10.1 Å². The number of anilines is 2. The van der Waals surface area contributed by atoms with E-state index < -0.39 is 10.8 Å². The molecule has 0 saturated carbocycles. The molecule has 2 amide bonds. The van der Waals surface area contributed by atoms with Gasteiger partial charge in [0.05, 0.1) is 43.0 Å². The Hall–Kier alpha value is -4.41. The molecule has 160 valence electrons. The minimum atomic E-state index is -0.648. The monoisotopic (exact) mass is 425 g/mol. The van der Waals surface area contributed by atoms with Gasteiger partial charge >= 0.3 is 5.82 Å². The highest BCUT2D eigenvalue weighted by Gasteiger charge is 2.18. The van der Waals surface area contributed by atoms with Gasteiger partial charge < -0.3 is 30.2 Å². The number of hydrogen-bond acceptors (Lipinski definition) is 7. The summed E-state index contributed by atoms with van der Waals surface area (Å²) in [5, 5.41) is 19.8. The van der Waals surface area contributed by atoms with Gasteiger partial charge in [-0.05, 0) is 17.1 Å². The molecule has 0 fully saturated rings. The first-order valence-corrected chi connectivity index (χ1v) is 9.01. The van der Waals surface area contributed by atoms with Gasteiger partial charge in [-0.15, -0.1) is 0 Å². The Morgan fingerprint density at radius 3 is 2.19 bits per heavy atom. The van der Waals surface area contributed by atoms with Gasteiger partial charge in [-0.1, -0.05) is 18.2 Å². The minimum Gasteiger partial charge on any atom is -0.494 e. The van der Waals surface area contributed by atoms with Crippen molar-refractivity contribution in [2.24, 2.45) is 0 Å². The second kappa shape index (κ2) is 9.39. The lowest BCUT2D eigenvalue weighted by molar-refractivity contribution is -0.389. The van der Waals surface area contributed by atoms with Crippen LogP contribution in [-0.4, -0.2) is 40.7 Å². The fourth-order valence-electron chi connectivity index (χ4n) is 2.75. The number of nitrogens with one attached hydrogen (secondary N) is 2. The summed E-state index contributed by atoms with van der Waals surface area (Å²) in [4.78, 5) is 34.9. The molecule has 0 radical (unpaired) electrons. The zero-order valence-electron chi connectivity index (χ0n) is 16.7. The standard InChI is InChI=1S/C20H19N5O6/c1-30-16-11-15(22-20(27)13-6-4-3-5-7-13)17(31-2)10-14(16)21-19(26)12-24-9-8-18(23-24)25(28)29/h3-11H,12H2,1-2H3,(H,21,26)(H,22,27). The normalized spacial score (nSPS) is 10.3. The smallest absolute Gasteiger partial charge is 0.389 e. The van der Waals surface area contributed by atoms with Crippen LogP contribution in [0.3, 0.4) is 0 Å². The van der Waals surface area contributed by atoms with E-state index in [-0.39, 0.29) is 24.0 Å². The lowest BCUT2D eigenvalue weighted by atomic mass is 10.2. The third-order valence-electron chi connectivity index (χ3n) is 4.20. The molecular formula is C20H19N5O6. The Morgan fingerprint density at radius 1 is 1.03 bits per heavy atom. The van der Waals surface area contributed by atoms with Crippen LogP contribution < -0.4 is 20.1 Å². The van der Waals surface area contributed by atoms with Crippen molar-refractivity contribution in [3.63, 3.8) is 0 Å². The van der Waals surface area contributed by atoms with E-state index in [4.69, 9.17) is 9.47 Å². The van der Waals surface area contributed by atoms with Crippen molar-refractivity contribution in [2.75, 3.05) is 24.9 Å². The number of nitrogens with zero attached hydrogens (tertiary/aromatic N) is 3.